The maximum Gasteiger partial charge on any atom is 0.271 e. The SMILES string of the molecule is Cc1cc(C)n(Cc2cccc(C(=O)N/N=C/c3cn(C)nc3C)c2)n1. The monoisotopic (exact) mass is 350 g/mol. The molecule has 0 saturated heterocycles. The predicted octanol–water partition coefficient (Wildman–Crippen LogP) is 2.35. The molecule has 0 atom stereocenters. The molecule has 2 heterocycles. The van der Waals surface area contributed by atoms with Crippen LogP contribution < -0.4 is 5.43 Å². The zero-order valence-corrected chi connectivity index (χ0v) is 15.4. The van der Waals surface area contributed by atoms with E-state index in [2.05, 4.69) is 20.7 Å². The summed E-state index contributed by atoms with van der Waals surface area (Å²) >= 11 is 0. The lowest BCUT2D eigenvalue weighted by Crippen LogP contribution is -2.18. The molecule has 0 spiro atoms. The summed E-state index contributed by atoms with van der Waals surface area (Å²) in [7, 11) is 1.84. The Labute approximate surface area is 152 Å². The number of hydrazone groups is 1. The van der Waals surface area contributed by atoms with E-state index < -0.39 is 0 Å². The van der Waals surface area contributed by atoms with Crippen molar-refractivity contribution in [2.75, 3.05) is 0 Å². The molecule has 0 aliphatic rings. The van der Waals surface area contributed by atoms with Gasteiger partial charge in [-0.25, -0.2) is 5.43 Å². The van der Waals surface area contributed by atoms with Crippen LogP contribution in [0.25, 0.3) is 0 Å². The van der Waals surface area contributed by atoms with Crippen molar-refractivity contribution < 1.29 is 4.79 Å². The minimum atomic E-state index is -0.252. The Kier molecular flexibility index (Phi) is 4.97. The van der Waals surface area contributed by atoms with Crippen molar-refractivity contribution in [3.05, 3.63) is 70.3 Å². The van der Waals surface area contributed by atoms with Crippen LogP contribution in [0.15, 0.2) is 41.6 Å². The molecule has 26 heavy (non-hydrogen) atoms. The molecular formula is C19H22N6O. The third kappa shape index (κ3) is 4.05. The van der Waals surface area contributed by atoms with Gasteiger partial charge in [0.1, 0.15) is 0 Å². The maximum absolute atomic E-state index is 12.3. The fourth-order valence-electron chi connectivity index (χ4n) is 2.79. The molecule has 0 aliphatic carbocycles. The van der Waals surface area contributed by atoms with E-state index >= 15 is 0 Å². The van der Waals surface area contributed by atoms with Crippen LogP contribution in [-0.2, 0) is 13.6 Å². The van der Waals surface area contributed by atoms with Crippen molar-refractivity contribution in [1.29, 1.82) is 0 Å². The lowest BCUT2D eigenvalue weighted by atomic mass is 10.1. The highest BCUT2D eigenvalue weighted by molar-refractivity contribution is 5.95. The number of carbonyl (C=O) groups is 1. The van der Waals surface area contributed by atoms with Gasteiger partial charge in [0, 0.05) is 30.1 Å². The van der Waals surface area contributed by atoms with Gasteiger partial charge in [-0.15, -0.1) is 0 Å². The fraction of sp³-hybridized carbons (Fsp3) is 0.263. The summed E-state index contributed by atoms with van der Waals surface area (Å²) in [5.41, 5.74) is 7.93. The Balaban J connectivity index is 1.68. The van der Waals surface area contributed by atoms with E-state index in [-0.39, 0.29) is 5.91 Å². The van der Waals surface area contributed by atoms with E-state index in [1.807, 2.05) is 63.0 Å². The van der Waals surface area contributed by atoms with Crippen LogP contribution in [0.5, 0.6) is 0 Å². The van der Waals surface area contributed by atoms with Gasteiger partial charge in [0.15, 0.2) is 0 Å². The van der Waals surface area contributed by atoms with Crippen molar-refractivity contribution in [3.63, 3.8) is 0 Å². The molecule has 0 unspecified atom stereocenters. The van der Waals surface area contributed by atoms with Gasteiger partial charge in [-0.1, -0.05) is 12.1 Å². The summed E-state index contributed by atoms with van der Waals surface area (Å²) in [4.78, 5) is 12.3. The molecule has 1 aromatic carbocycles. The zero-order valence-electron chi connectivity index (χ0n) is 15.4. The number of carbonyl (C=O) groups excluding carboxylic acids is 1. The van der Waals surface area contributed by atoms with Gasteiger partial charge in [0.05, 0.1) is 24.1 Å². The molecule has 3 rings (SSSR count). The third-order valence-corrected chi connectivity index (χ3v) is 4.05. The number of hydrogen-bond acceptors (Lipinski definition) is 4. The van der Waals surface area contributed by atoms with Gasteiger partial charge in [0.2, 0.25) is 0 Å². The van der Waals surface area contributed by atoms with Crippen LogP contribution in [-0.4, -0.2) is 31.7 Å². The second kappa shape index (κ2) is 7.35. The van der Waals surface area contributed by atoms with E-state index in [1.54, 1.807) is 17.0 Å². The zero-order chi connectivity index (χ0) is 18.7. The highest BCUT2D eigenvalue weighted by Crippen LogP contribution is 2.10. The Morgan fingerprint density at radius 2 is 2.04 bits per heavy atom. The van der Waals surface area contributed by atoms with Gasteiger partial charge >= 0.3 is 0 Å². The highest BCUT2D eigenvalue weighted by atomic mass is 16.2. The minimum Gasteiger partial charge on any atom is -0.275 e. The Hall–Kier alpha value is -3.22. The number of nitrogens with one attached hydrogen (secondary N) is 1. The lowest BCUT2D eigenvalue weighted by molar-refractivity contribution is 0.0955. The van der Waals surface area contributed by atoms with Gasteiger partial charge < -0.3 is 0 Å². The summed E-state index contributed by atoms with van der Waals surface area (Å²) in [6, 6.07) is 9.51. The molecule has 0 saturated carbocycles. The van der Waals surface area contributed by atoms with E-state index in [1.165, 1.54) is 0 Å². The molecule has 3 aromatic rings. The van der Waals surface area contributed by atoms with Crippen LogP contribution in [0.2, 0.25) is 0 Å². The van der Waals surface area contributed by atoms with Gasteiger partial charge in [-0.3, -0.25) is 14.2 Å². The van der Waals surface area contributed by atoms with Crippen LogP contribution >= 0.6 is 0 Å². The topological polar surface area (TPSA) is 77.1 Å². The summed E-state index contributed by atoms with van der Waals surface area (Å²) in [5.74, 6) is -0.252. The number of benzene rings is 1. The third-order valence-electron chi connectivity index (χ3n) is 4.05. The number of nitrogens with zero attached hydrogens (tertiary/aromatic N) is 5. The van der Waals surface area contributed by atoms with E-state index in [0.29, 0.717) is 12.1 Å². The first-order valence-electron chi connectivity index (χ1n) is 8.36. The number of aromatic nitrogens is 4. The van der Waals surface area contributed by atoms with Gasteiger partial charge in [-0.05, 0) is 44.5 Å². The molecule has 0 radical (unpaired) electrons. The largest absolute Gasteiger partial charge is 0.275 e. The standard InChI is InChI=1S/C19H22N6O/c1-13-8-14(2)25(22-13)11-16-6-5-7-17(9-16)19(26)21-20-10-18-12-24(4)23-15(18)3/h5-10,12H,11H2,1-4H3,(H,21,26)/b20-10+. The number of hydrogen-bond donors (Lipinski definition) is 1. The van der Waals surface area contributed by atoms with E-state index in [4.69, 9.17) is 0 Å². The molecule has 1 N–H and O–H groups in total. The maximum atomic E-state index is 12.3. The smallest absolute Gasteiger partial charge is 0.271 e. The van der Waals surface area contributed by atoms with Crippen molar-refractivity contribution in [3.8, 4) is 0 Å². The Morgan fingerprint density at radius 1 is 1.23 bits per heavy atom. The average molecular weight is 350 g/mol. The molecule has 1 amide bonds. The molecule has 0 fully saturated rings. The number of rotatable bonds is 5. The normalized spacial score (nSPS) is 11.2. The molecule has 0 aliphatic heterocycles. The second-order valence-corrected chi connectivity index (χ2v) is 6.33. The van der Waals surface area contributed by atoms with Gasteiger partial charge in [0.25, 0.3) is 5.91 Å². The van der Waals surface area contributed by atoms with Crippen LogP contribution in [0.3, 0.4) is 0 Å². The molecule has 7 heteroatoms. The molecule has 134 valence electrons. The van der Waals surface area contributed by atoms with Crippen LogP contribution in [0.4, 0.5) is 0 Å². The van der Waals surface area contributed by atoms with Crippen molar-refractivity contribution >= 4 is 12.1 Å². The quantitative estimate of drug-likeness (QED) is 0.567. The average Bonchev–Trinajstić information content (AvgIpc) is 3.08. The summed E-state index contributed by atoms with van der Waals surface area (Å²) in [6.45, 7) is 6.51. The fourth-order valence-corrected chi connectivity index (χ4v) is 2.79. The predicted molar refractivity (Wildman–Crippen MR) is 100 cm³/mol. The van der Waals surface area contributed by atoms with E-state index in [0.717, 1.165) is 28.2 Å². The number of aryl methyl sites for hydroxylation is 4. The van der Waals surface area contributed by atoms with Crippen LogP contribution in [0.1, 0.15) is 38.6 Å². The highest BCUT2D eigenvalue weighted by Gasteiger charge is 2.07. The second-order valence-electron chi connectivity index (χ2n) is 6.33. The first-order valence-corrected chi connectivity index (χ1v) is 8.36. The molecule has 0 bridgehead atoms. The van der Waals surface area contributed by atoms with Crippen molar-refractivity contribution in [2.45, 2.75) is 27.3 Å². The lowest BCUT2D eigenvalue weighted by Gasteiger charge is -2.06. The molecular weight excluding hydrogens is 328 g/mol. The van der Waals surface area contributed by atoms with E-state index in [9.17, 15) is 4.79 Å². The molecule has 7 nitrogen and oxygen atoms in total. The van der Waals surface area contributed by atoms with Crippen molar-refractivity contribution in [2.24, 2.45) is 12.1 Å². The summed E-state index contributed by atoms with van der Waals surface area (Å²) < 4.78 is 3.64. The first-order chi connectivity index (χ1) is 12.4. The van der Waals surface area contributed by atoms with Crippen LogP contribution in [0, 0.1) is 20.8 Å². The minimum absolute atomic E-state index is 0.252. The number of amides is 1. The summed E-state index contributed by atoms with van der Waals surface area (Å²) in [6.07, 6.45) is 3.44. The van der Waals surface area contributed by atoms with Crippen molar-refractivity contribution in [1.82, 2.24) is 25.0 Å². The van der Waals surface area contributed by atoms with Gasteiger partial charge in [-0.2, -0.15) is 15.3 Å². The summed E-state index contributed by atoms with van der Waals surface area (Å²) in [5, 5.41) is 12.7. The Morgan fingerprint density at radius 3 is 2.69 bits per heavy atom. The Bertz CT molecular complexity index is 966. The molecule has 2 aromatic heterocycles. The first kappa shape index (κ1) is 17.6.